The van der Waals surface area contributed by atoms with Crippen LogP contribution in [0.4, 0.5) is 0 Å². The Morgan fingerprint density at radius 1 is 1.18 bits per heavy atom. The lowest BCUT2D eigenvalue weighted by Gasteiger charge is -2.44. The van der Waals surface area contributed by atoms with E-state index in [9.17, 15) is 29.7 Å². The van der Waals surface area contributed by atoms with Crippen LogP contribution >= 0.6 is 0 Å². The van der Waals surface area contributed by atoms with Crippen molar-refractivity contribution in [3.63, 3.8) is 0 Å². The molecule has 0 unspecified atom stereocenters. The van der Waals surface area contributed by atoms with E-state index < -0.39 is 46.1 Å². The largest absolute Gasteiger partial charge is 0.508 e. The third kappa shape index (κ3) is 2.70. The monoisotopic (exact) mass is 449 g/mol. The molecular formula is C25H23NO7. The van der Waals surface area contributed by atoms with Gasteiger partial charge in [0.2, 0.25) is 5.78 Å². The number of allylic oxidation sites excluding steroid dienone is 2. The maximum absolute atomic E-state index is 13.8. The van der Waals surface area contributed by atoms with Crippen LogP contribution in [0, 0.1) is 5.92 Å². The SMILES string of the molecule is CO[C@]12C(=O)c3c(cc4c(C5=CCCC5)ccc(O)c4c3O)C[C@H]1CC(=O)C(C(N)=O)=C2O. The summed E-state index contributed by atoms with van der Waals surface area (Å²) in [6.45, 7) is 0. The van der Waals surface area contributed by atoms with Crippen LogP contribution in [0.1, 0.15) is 47.2 Å². The molecule has 2 atom stereocenters. The number of benzene rings is 2. The fourth-order valence-electron chi connectivity index (χ4n) is 5.69. The van der Waals surface area contributed by atoms with Gasteiger partial charge in [0.25, 0.3) is 5.91 Å². The van der Waals surface area contributed by atoms with Gasteiger partial charge >= 0.3 is 0 Å². The number of carbonyl (C=O) groups is 3. The van der Waals surface area contributed by atoms with E-state index in [4.69, 9.17) is 10.5 Å². The van der Waals surface area contributed by atoms with Crippen LogP contribution in [0.15, 0.2) is 35.6 Å². The third-order valence-electron chi connectivity index (χ3n) is 7.20. The number of phenols is 2. The number of ketones is 2. The molecule has 170 valence electrons. The van der Waals surface area contributed by atoms with Gasteiger partial charge < -0.3 is 25.8 Å². The van der Waals surface area contributed by atoms with Crippen molar-refractivity contribution in [2.24, 2.45) is 11.7 Å². The Kier molecular flexibility index (Phi) is 4.61. The lowest BCUT2D eigenvalue weighted by molar-refractivity contribution is -0.126. The molecule has 3 aliphatic rings. The Bertz CT molecular complexity index is 1340. The summed E-state index contributed by atoms with van der Waals surface area (Å²) in [5.41, 5.74) is 4.94. The van der Waals surface area contributed by atoms with Crippen LogP contribution in [-0.4, -0.2) is 45.5 Å². The van der Waals surface area contributed by atoms with Crippen LogP contribution in [0.2, 0.25) is 0 Å². The number of ether oxygens (including phenoxy) is 1. The van der Waals surface area contributed by atoms with Gasteiger partial charge in [-0.25, -0.2) is 0 Å². The number of nitrogens with two attached hydrogens (primary N) is 1. The zero-order valence-electron chi connectivity index (χ0n) is 18.0. The van der Waals surface area contributed by atoms with E-state index in [1.165, 1.54) is 13.2 Å². The van der Waals surface area contributed by atoms with E-state index in [-0.39, 0.29) is 29.5 Å². The van der Waals surface area contributed by atoms with Gasteiger partial charge in [0.05, 0.1) is 10.9 Å². The minimum absolute atomic E-state index is 0.113. The first-order valence-electron chi connectivity index (χ1n) is 10.8. The van der Waals surface area contributed by atoms with Gasteiger partial charge in [0.1, 0.15) is 22.8 Å². The third-order valence-corrected chi connectivity index (χ3v) is 7.20. The summed E-state index contributed by atoms with van der Waals surface area (Å²) >= 11 is 0. The Morgan fingerprint density at radius 2 is 1.94 bits per heavy atom. The first-order valence-corrected chi connectivity index (χ1v) is 10.8. The quantitative estimate of drug-likeness (QED) is 0.527. The molecule has 0 heterocycles. The summed E-state index contributed by atoms with van der Waals surface area (Å²) in [6, 6.07) is 5.03. The average Bonchev–Trinajstić information content (AvgIpc) is 3.28. The highest BCUT2D eigenvalue weighted by atomic mass is 16.5. The standard InChI is InChI=1S/C25H23NO7/c1-33-25-13(10-17(28)20(23(25)31)24(26)32)8-12-9-15-14(11-4-2-3-5-11)6-7-16(27)19(15)21(29)18(12)22(25)30/h4,6-7,9,13,27,29,31H,2-3,5,8,10H2,1H3,(H2,26,32)/t13-,25-/m0/s1. The number of fused-ring (bicyclic) bond motifs is 3. The number of aliphatic hydroxyl groups excluding tert-OH is 1. The number of methoxy groups -OCH3 is 1. The number of Topliss-reactive ketones (excluding diaryl/α,β-unsaturated/α-hetero) is 2. The maximum Gasteiger partial charge on any atom is 0.255 e. The summed E-state index contributed by atoms with van der Waals surface area (Å²) in [7, 11) is 1.20. The summed E-state index contributed by atoms with van der Waals surface area (Å²) in [4.78, 5) is 38.2. The maximum atomic E-state index is 13.8. The minimum Gasteiger partial charge on any atom is -0.508 e. The number of rotatable bonds is 3. The number of carbonyl (C=O) groups excluding carboxylic acids is 3. The first kappa shape index (κ1) is 21.2. The Hall–Kier alpha value is -3.65. The minimum atomic E-state index is -2.03. The molecule has 2 aromatic rings. The van der Waals surface area contributed by atoms with Crippen molar-refractivity contribution in [2.75, 3.05) is 7.11 Å². The molecule has 0 saturated heterocycles. The van der Waals surface area contributed by atoms with Gasteiger partial charge in [-0.2, -0.15) is 0 Å². The van der Waals surface area contributed by atoms with Crippen LogP contribution in [0.5, 0.6) is 11.5 Å². The van der Waals surface area contributed by atoms with Gasteiger partial charge in [0, 0.05) is 19.4 Å². The molecule has 0 bridgehead atoms. The predicted octanol–water partition coefficient (Wildman–Crippen LogP) is 2.83. The molecule has 8 heteroatoms. The Balaban J connectivity index is 1.80. The van der Waals surface area contributed by atoms with Gasteiger partial charge in [-0.3, -0.25) is 14.4 Å². The summed E-state index contributed by atoms with van der Waals surface area (Å²) in [6.07, 6.45) is 4.86. The average molecular weight is 449 g/mol. The van der Waals surface area contributed by atoms with Gasteiger partial charge in [-0.05, 0) is 59.9 Å². The summed E-state index contributed by atoms with van der Waals surface area (Å²) in [5.74, 6) is -4.83. The Labute approximate surface area is 189 Å². The van der Waals surface area contributed by atoms with Crippen molar-refractivity contribution in [1.29, 1.82) is 0 Å². The number of hydrogen-bond acceptors (Lipinski definition) is 7. The molecule has 8 nitrogen and oxygen atoms in total. The second kappa shape index (κ2) is 7.18. The van der Waals surface area contributed by atoms with Crippen LogP contribution < -0.4 is 5.73 Å². The highest BCUT2D eigenvalue weighted by molar-refractivity contribution is 6.23. The normalized spacial score (nSPS) is 24.6. The van der Waals surface area contributed by atoms with E-state index in [1.54, 1.807) is 12.1 Å². The van der Waals surface area contributed by atoms with Gasteiger partial charge in [-0.15, -0.1) is 0 Å². The fraction of sp³-hybridized carbons (Fsp3) is 0.320. The van der Waals surface area contributed by atoms with Gasteiger partial charge in [-0.1, -0.05) is 12.1 Å². The van der Waals surface area contributed by atoms with Crippen molar-refractivity contribution < 1.29 is 34.4 Å². The number of hydrogen-bond donors (Lipinski definition) is 4. The summed E-state index contributed by atoms with van der Waals surface area (Å²) in [5, 5.41) is 33.4. The molecule has 0 fully saturated rings. The number of aromatic hydroxyl groups is 2. The molecule has 33 heavy (non-hydrogen) atoms. The topological polar surface area (TPSA) is 147 Å². The molecule has 0 saturated carbocycles. The fourth-order valence-corrected chi connectivity index (χ4v) is 5.69. The Morgan fingerprint density at radius 3 is 2.58 bits per heavy atom. The lowest BCUT2D eigenvalue weighted by atomic mass is 9.64. The van der Waals surface area contributed by atoms with E-state index >= 15 is 0 Å². The molecular weight excluding hydrogens is 426 g/mol. The van der Waals surface area contributed by atoms with Crippen molar-refractivity contribution >= 4 is 33.8 Å². The highest BCUT2D eigenvalue weighted by Crippen LogP contribution is 2.51. The van der Waals surface area contributed by atoms with Crippen LogP contribution in [0.25, 0.3) is 16.3 Å². The number of primary amides is 1. The molecule has 0 aromatic heterocycles. The van der Waals surface area contributed by atoms with E-state index in [1.807, 2.05) is 0 Å². The lowest BCUT2D eigenvalue weighted by Crippen LogP contribution is -2.57. The molecule has 3 aliphatic carbocycles. The van der Waals surface area contributed by atoms with E-state index in [0.717, 1.165) is 30.4 Å². The van der Waals surface area contributed by atoms with Crippen molar-refractivity contribution in [3.8, 4) is 11.5 Å². The second-order valence-electron chi connectivity index (χ2n) is 8.82. The van der Waals surface area contributed by atoms with Crippen molar-refractivity contribution in [1.82, 2.24) is 0 Å². The molecule has 5 N–H and O–H groups in total. The van der Waals surface area contributed by atoms with Crippen LogP contribution in [0.3, 0.4) is 0 Å². The van der Waals surface area contributed by atoms with Gasteiger partial charge in [0.15, 0.2) is 11.4 Å². The predicted molar refractivity (Wildman–Crippen MR) is 119 cm³/mol. The second-order valence-corrected chi connectivity index (χ2v) is 8.82. The highest BCUT2D eigenvalue weighted by Gasteiger charge is 2.59. The molecule has 0 aliphatic heterocycles. The van der Waals surface area contributed by atoms with Crippen molar-refractivity contribution in [3.05, 3.63) is 52.3 Å². The molecule has 5 rings (SSSR count). The number of phenolic OH excluding ortho intramolecular Hbond substituents is 2. The summed E-state index contributed by atoms with van der Waals surface area (Å²) < 4.78 is 5.50. The molecule has 0 radical (unpaired) electrons. The van der Waals surface area contributed by atoms with Crippen molar-refractivity contribution in [2.45, 2.75) is 37.7 Å². The van der Waals surface area contributed by atoms with Crippen LogP contribution in [-0.2, 0) is 20.7 Å². The van der Waals surface area contributed by atoms with E-state index in [2.05, 4.69) is 6.08 Å². The molecule has 1 amide bonds. The molecule has 2 aromatic carbocycles. The first-order chi connectivity index (χ1) is 15.7. The smallest absolute Gasteiger partial charge is 0.255 e. The number of aliphatic hydroxyl groups is 1. The zero-order chi connectivity index (χ0) is 23.7. The zero-order valence-corrected chi connectivity index (χ0v) is 18.0. The number of amides is 1. The molecule has 0 spiro atoms. The van der Waals surface area contributed by atoms with E-state index in [0.29, 0.717) is 10.9 Å².